The molecule has 0 radical (unpaired) electrons. The first kappa shape index (κ1) is 18.4. The van der Waals surface area contributed by atoms with Gasteiger partial charge in [0.1, 0.15) is 11.3 Å². The molecule has 1 saturated heterocycles. The first-order valence-electron chi connectivity index (χ1n) is 8.78. The van der Waals surface area contributed by atoms with E-state index in [2.05, 4.69) is 5.32 Å². The fraction of sp³-hybridized carbons (Fsp3) is 0.190. The van der Waals surface area contributed by atoms with Crippen LogP contribution in [0.25, 0.3) is 6.08 Å². The third kappa shape index (κ3) is 3.60. The Kier molecular flexibility index (Phi) is 5.35. The van der Waals surface area contributed by atoms with Crippen LogP contribution >= 0.6 is 0 Å². The molecule has 0 spiro atoms. The van der Waals surface area contributed by atoms with E-state index < -0.39 is 17.8 Å². The maximum Gasteiger partial charge on any atom is 0.335 e. The highest BCUT2D eigenvalue weighted by Crippen LogP contribution is 2.27. The first-order valence-corrected chi connectivity index (χ1v) is 8.78. The van der Waals surface area contributed by atoms with E-state index in [0.29, 0.717) is 30.0 Å². The molecule has 0 aliphatic carbocycles. The molecule has 1 fully saturated rings. The molecule has 2 aromatic carbocycles. The largest absolute Gasteiger partial charge is 0.493 e. The van der Waals surface area contributed by atoms with E-state index in [1.165, 1.54) is 6.08 Å². The van der Waals surface area contributed by atoms with Gasteiger partial charge in [0.05, 0.1) is 12.3 Å². The van der Waals surface area contributed by atoms with Gasteiger partial charge in [0.25, 0.3) is 11.8 Å². The van der Waals surface area contributed by atoms with Crippen molar-refractivity contribution in [2.24, 2.45) is 0 Å². The molecule has 0 bridgehead atoms. The number of benzene rings is 2. The van der Waals surface area contributed by atoms with Crippen LogP contribution in [-0.4, -0.2) is 24.5 Å². The fourth-order valence-electron chi connectivity index (χ4n) is 2.95. The standard InChI is InChI=1S/C21H20N2O4/c1-3-14-9-5-7-11-17(14)23-20(25)16(19(24)22-21(23)26)13-15-10-6-8-12-18(15)27-4-2/h5-13H,3-4H2,1-2H3,(H,22,24,26)/b16-13-. The Morgan fingerprint density at radius 3 is 2.44 bits per heavy atom. The normalized spacial score (nSPS) is 15.9. The number of nitrogens with one attached hydrogen (secondary N) is 1. The SMILES string of the molecule is CCOc1ccccc1/C=C1/C(=O)NC(=O)N(c2ccccc2CC)C1=O. The number of rotatable bonds is 5. The highest BCUT2D eigenvalue weighted by molar-refractivity contribution is 6.39. The van der Waals surface area contributed by atoms with Gasteiger partial charge in [-0.1, -0.05) is 43.3 Å². The predicted molar refractivity (Wildman–Crippen MR) is 102 cm³/mol. The summed E-state index contributed by atoms with van der Waals surface area (Å²) in [5.41, 5.74) is 1.78. The number of ether oxygens (including phenoxy) is 1. The van der Waals surface area contributed by atoms with Crippen LogP contribution in [0, 0.1) is 0 Å². The number of amides is 4. The number of carbonyl (C=O) groups excluding carboxylic acids is 3. The Balaban J connectivity index is 2.06. The second-order valence-electron chi connectivity index (χ2n) is 5.91. The Hall–Kier alpha value is -3.41. The van der Waals surface area contributed by atoms with Gasteiger partial charge in [-0.15, -0.1) is 0 Å². The van der Waals surface area contributed by atoms with E-state index in [-0.39, 0.29) is 5.57 Å². The van der Waals surface area contributed by atoms with Crippen LogP contribution < -0.4 is 15.0 Å². The molecule has 3 rings (SSSR count). The molecule has 1 N–H and O–H groups in total. The van der Waals surface area contributed by atoms with Crippen molar-refractivity contribution in [1.82, 2.24) is 5.32 Å². The summed E-state index contributed by atoms with van der Waals surface area (Å²) in [5, 5.41) is 2.25. The Labute approximate surface area is 157 Å². The van der Waals surface area contributed by atoms with Gasteiger partial charge in [-0.3, -0.25) is 14.9 Å². The highest BCUT2D eigenvalue weighted by Gasteiger charge is 2.37. The molecule has 0 aromatic heterocycles. The van der Waals surface area contributed by atoms with Crippen molar-refractivity contribution in [3.63, 3.8) is 0 Å². The number of hydrogen-bond acceptors (Lipinski definition) is 4. The Morgan fingerprint density at radius 1 is 1.00 bits per heavy atom. The number of para-hydroxylation sites is 2. The molecule has 6 heteroatoms. The zero-order valence-corrected chi connectivity index (χ0v) is 15.2. The minimum atomic E-state index is -0.749. The van der Waals surface area contributed by atoms with Crippen LogP contribution in [0.3, 0.4) is 0 Å². The van der Waals surface area contributed by atoms with Gasteiger partial charge in [0.15, 0.2) is 0 Å². The molecule has 1 aliphatic rings. The van der Waals surface area contributed by atoms with Crippen LogP contribution in [-0.2, 0) is 16.0 Å². The molecule has 0 unspecified atom stereocenters. The van der Waals surface area contributed by atoms with Crippen molar-refractivity contribution in [1.29, 1.82) is 0 Å². The number of barbiturate groups is 1. The lowest BCUT2D eigenvalue weighted by molar-refractivity contribution is -0.122. The number of hydrogen-bond donors (Lipinski definition) is 1. The van der Waals surface area contributed by atoms with Gasteiger partial charge in [0.2, 0.25) is 0 Å². The van der Waals surface area contributed by atoms with Crippen LogP contribution in [0.15, 0.2) is 54.1 Å². The zero-order chi connectivity index (χ0) is 19.4. The molecule has 1 heterocycles. The van der Waals surface area contributed by atoms with Crippen molar-refractivity contribution < 1.29 is 19.1 Å². The lowest BCUT2D eigenvalue weighted by atomic mass is 10.0. The van der Waals surface area contributed by atoms with Crippen LogP contribution in [0.1, 0.15) is 25.0 Å². The monoisotopic (exact) mass is 364 g/mol. The highest BCUT2D eigenvalue weighted by atomic mass is 16.5. The summed E-state index contributed by atoms with van der Waals surface area (Å²) in [5.74, 6) is -0.817. The minimum Gasteiger partial charge on any atom is -0.493 e. The van der Waals surface area contributed by atoms with E-state index in [4.69, 9.17) is 4.74 Å². The van der Waals surface area contributed by atoms with Gasteiger partial charge in [-0.25, -0.2) is 9.69 Å². The van der Waals surface area contributed by atoms with E-state index in [0.717, 1.165) is 10.5 Å². The lowest BCUT2D eigenvalue weighted by Crippen LogP contribution is -2.54. The molecule has 138 valence electrons. The Morgan fingerprint density at radius 2 is 1.70 bits per heavy atom. The molecule has 0 atom stereocenters. The van der Waals surface area contributed by atoms with Crippen molar-refractivity contribution in [3.05, 3.63) is 65.2 Å². The number of carbonyl (C=O) groups is 3. The zero-order valence-electron chi connectivity index (χ0n) is 15.2. The number of anilines is 1. The van der Waals surface area contributed by atoms with E-state index in [1.54, 1.807) is 30.3 Å². The van der Waals surface area contributed by atoms with Crippen molar-refractivity contribution in [2.75, 3.05) is 11.5 Å². The van der Waals surface area contributed by atoms with Gasteiger partial charge >= 0.3 is 6.03 Å². The van der Waals surface area contributed by atoms with Crippen molar-refractivity contribution in [2.45, 2.75) is 20.3 Å². The Bertz CT molecular complexity index is 933. The summed E-state index contributed by atoms with van der Waals surface area (Å²) in [6.45, 7) is 4.24. The summed E-state index contributed by atoms with van der Waals surface area (Å²) >= 11 is 0. The van der Waals surface area contributed by atoms with Crippen molar-refractivity contribution in [3.8, 4) is 5.75 Å². The third-order valence-electron chi connectivity index (χ3n) is 4.23. The van der Waals surface area contributed by atoms with Crippen LogP contribution in [0.4, 0.5) is 10.5 Å². The van der Waals surface area contributed by atoms with E-state index in [9.17, 15) is 14.4 Å². The van der Waals surface area contributed by atoms with Gasteiger partial charge in [0, 0.05) is 5.56 Å². The predicted octanol–water partition coefficient (Wildman–Crippen LogP) is 3.31. The maximum absolute atomic E-state index is 13.0. The summed E-state index contributed by atoms with van der Waals surface area (Å²) in [4.78, 5) is 38.7. The summed E-state index contributed by atoms with van der Waals surface area (Å²) in [7, 11) is 0. The van der Waals surface area contributed by atoms with E-state index >= 15 is 0 Å². The molecular formula is C21H20N2O4. The summed E-state index contributed by atoms with van der Waals surface area (Å²) in [6, 6.07) is 13.5. The van der Waals surface area contributed by atoms with Crippen LogP contribution in [0.2, 0.25) is 0 Å². The topological polar surface area (TPSA) is 75.7 Å². The lowest BCUT2D eigenvalue weighted by Gasteiger charge is -2.28. The van der Waals surface area contributed by atoms with Gasteiger partial charge in [-0.05, 0) is 37.1 Å². The molecule has 2 aromatic rings. The molecule has 6 nitrogen and oxygen atoms in total. The molecule has 1 aliphatic heterocycles. The number of imide groups is 2. The molecule has 4 amide bonds. The fourth-order valence-corrected chi connectivity index (χ4v) is 2.95. The average molecular weight is 364 g/mol. The first-order chi connectivity index (χ1) is 13.1. The van der Waals surface area contributed by atoms with Gasteiger partial charge in [-0.2, -0.15) is 0 Å². The van der Waals surface area contributed by atoms with E-state index in [1.807, 2.05) is 32.0 Å². The number of aryl methyl sites for hydroxylation is 1. The molecule has 0 saturated carbocycles. The number of nitrogens with zero attached hydrogens (tertiary/aromatic N) is 1. The maximum atomic E-state index is 13.0. The third-order valence-corrected chi connectivity index (χ3v) is 4.23. The van der Waals surface area contributed by atoms with Gasteiger partial charge < -0.3 is 4.74 Å². The summed E-state index contributed by atoms with van der Waals surface area (Å²) in [6.07, 6.45) is 2.10. The number of urea groups is 1. The second-order valence-corrected chi connectivity index (χ2v) is 5.91. The van der Waals surface area contributed by atoms with Crippen molar-refractivity contribution >= 4 is 29.6 Å². The second kappa shape index (κ2) is 7.86. The smallest absolute Gasteiger partial charge is 0.335 e. The average Bonchev–Trinajstić information content (AvgIpc) is 2.67. The van der Waals surface area contributed by atoms with Crippen LogP contribution in [0.5, 0.6) is 5.75 Å². The molecular weight excluding hydrogens is 344 g/mol. The molecule has 27 heavy (non-hydrogen) atoms. The quantitative estimate of drug-likeness (QED) is 0.652. The minimum absolute atomic E-state index is 0.118. The summed E-state index contributed by atoms with van der Waals surface area (Å²) < 4.78 is 5.55.